The summed E-state index contributed by atoms with van der Waals surface area (Å²) in [5, 5.41) is 5.53. The second-order valence-corrected chi connectivity index (χ2v) is 7.11. The van der Waals surface area contributed by atoms with E-state index in [-0.39, 0.29) is 26.2 Å². The number of benzene rings is 2. The number of allylic oxidation sites excluding steroid dienone is 4. The third-order valence-electron chi connectivity index (χ3n) is 4.70. The van der Waals surface area contributed by atoms with Crippen molar-refractivity contribution in [2.75, 3.05) is 0 Å². The Hall–Kier alpha value is -1.33. The standard InChI is InChI=1S/C16H15.C8H11.Zr/c1-11(2)13-8-5-9-15-14-7-4-3-6-12(14)10-16(13)15;1-7(2)8-5-3-4-6-8;/h3-11H,1-2H3;5-7H,3H2,1-2H3;/q2*-1;+2. The van der Waals surface area contributed by atoms with Gasteiger partial charge in [0, 0.05) is 0 Å². The van der Waals surface area contributed by atoms with Crippen LogP contribution in [0.5, 0.6) is 0 Å². The van der Waals surface area contributed by atoms with Crippen LogP contribution in [0.25, 0.3) is 21.5 Å². The summed E-state index contributed by atoms with van der Waals surface area (Å²) in [6, 6.07) is 17.6. The zero-order valence-electron chi connectivity index (χ0n) is 15.6. The molecule has 0 nitrogen and oxygen atoms in total. The van der Waals surface area contributed by atoms with Gasteiger partial charge >= 0.3 is 26.2 Å². The number of rotatable bonds is 2. The molecule has 0 amide bonds. The maximum Gasteiger partial charge on any atom is 2.00 e. The summed E-state index contributed by atoms with van der Waals surface area (Å²) < 4.78 is 0. The third kappa shape index (κ3) is 4.45. The molecule has 0 N–H and O–H groups in total. The average molecular weight is 406 g/mol. The van der Waals surface area contributed by atoms with E-state index >= 15 is 0 Å². The van der Waals surface area contributed by atoms with E-state index in [1.165, 1.54) is 32.7 Å². The minimum absolute atomic E-state index is 0. The molecule has 0 spiro atoms. The molecule has 0 fully saturated rings. The van der Waals surface area contributed by atoms with Crippen molar-refractivity contribution >= 4 is 21.5 Å². The SMILES string of the molecule is CC(C)C1=CC[C-]=C1.CC(C)c1cccc2c1[cH-]c1ccccc12.[Zr+2]. The molecule has 1 heteroatoms. The largest absolute Gasteiger partial charge is 2.00 e. The van der Waals surface area contributed by atoms with Crippen molar-refractivity contribution in [1.82, 2.24) is 0 Å². The molecule has 0 aromatic heterocycles. The van der Waals surface area contributed by atoms with Crippen molar-refractivity contribution in [3.05, 3.63) is 77.9 Å². The first-order chi connectivity index (χ1) is 11.6. The smallest absolute Gasteiger partial charge is 0.273 e. The van der Waals surface area contributed by atoms with Gasteiger partial charge in [-0.05, 0) is 5.92 Å². The normalized spacial score (nSPS) is 13.1. The van der Waals surface area contributed by atoms with Crippen molar-refractivity contribution < 1.29 is 26.2 Å². The Kier molecular flexibility index (Phi) is 7.08. The Balaban J connectivity index is 0.000000214. The van der Waals surface area contributed by atoms with Crippen LogP contribution in [0.3, 0.4) is 0 Å². The van der Waals surface area contributed by atoms with Gasteiger partial charge in [-0.15, -0.1) is 45.7 Å². The van der Waals surface area contributed by atoms with Gasteiger partial charge in [0.25, 0.3) is 0 Å². The molecule has 0 radical (unpaired) electrons. The van der Waals surface area contributed by atoms with E-state index in [1.54, 1.807) is 0 Å². The first kappa shape index (κ1) is 20.0. The van der Waals surface area contributed by atoms with Crippen LogP contribution in [-0.2, 0) is 26.2 Å². The van der Waals surface area contributed by atoms with Crippen molar-refractivity contribution in [2.45, 2.75) is 40.0 Å². The average Bonchev–Trinajstić information content (AvgIpc) is 3.22. The fraction of sp³-hybridized carbons (Fsp3) is 0.292. The maximum atomic E-state index is 3.14. The molecule has 3 aromatic rings. The summed E-state index contributed by atoms with van der Waals surface area (Å²) in [7, 11) is 0. The molecule has 0 saturated carbocycles. The maximum absolute atomic E-state index is 3.14. The van der Waals surface area contributed by atoms with Crippen molar-refractivity contribution in [3.8, 4) is 0 Å². The van der Waals surface area contributed by atoms with Crippen LogP contribution in [0.2, 0.25) is 0 Å². The van der Waals surface area contributed by atoms with Gasteiger partial charge in [0.15, 0.2) is 0 Å². The summed E-state index contributed by atoms with van der Waals surface area (Å²) >= 11 is 0. The first-order valence-corrected chi connectivity index (χ1v) is 8.91. The van der Waals surface area contributed by atoms with Crippen molar-refractivity contribution in [3.63, 3.8) is 0 Å². The van der Waals surface area contributed by atoms with Gasteiger partial charge in [0.2, 0.25) is 0 Å². The minimum atomic E-state index is 0. The molecule has 0 bridgehead atoms. The van der Waals surface area contributed by atoms with Crippen LogP contribution in [0.1, 0.15) is 45.6 Å². The summed E-state index contributed by atoms with van der Waals surface area (Å²) in [5.41, 5.74) is 2.89. The summed E-state index contributed by atoms with van der Waals surface area (Å²) in [6.07, 6.45) is 8.47. The molecule has 1 aliphatic rings. The minimum Gasteiger partial charge on any atom is -0.273 e. The van der Waals surface area contributed by atoms with Gasteiger partial charge in [-0.25, -0.2) is 6.08 Å². The quantitative estimate of drug-likeness (QED) is 0.397. The van der Waals surface area contributed by atoms with E-state index in [9.17, 15) is 0 Å². The summed E-state index contributed by atoms with van der Waals surface area (Å²) in [6.45, 7) is 8.92. The molecule has 3 aromatic carbocycles. The number of hydrogen-bond donors (Lipinski definition) is 0. The van der Waals surface area contributed by atoms with Crippen LogP contribution in [-0.4, -0.2) is 0 Å². The van der Waals surface area contributed by atoms with Crippen molar-refractivity contribution in [1.29, 1.82) is 0 Å². The summed E-state index contributed by atoms with van der Waals surface area (Å²) in [5.74, 6) is 1.27. The molecular weight excluding hydrogens is 379 g/mol. The van der Waals surface area contributed by atoms with Gasteiger partial charge in [-0.2, -0.15) is 11.6 Å². The van der Waals surface area contributed by atoms with Crippen LogP contribution < -0.4 is 0 Å². The van der Waals surface area contributed by atoms with Crippen LogP contribution in [0, 0.1) is 12.0 Å². The van der Waals surface area contributed by atoms with E-state index in [2.05, 4.69) is 94.5 Å². The molecule has 126 valence electrons. The monoisotopic (exact) mass is 404 g/mol. The molecule has 0 heterocycles. The Bertz CT molecular complexity index is 891. The number of fused-ring (bicyclic) bond motifs is 3. The van der Waals surface area contributed by atoms with Gasteiger partial charge < -0.3 is 0 Å². The fourth-order valence-electron chi connectivity index (χ4n) is 3.32. The Morgan fingerprint density at radius 3 is 2.20 bits per heavy atom. The van der Waals surface area contributed by atoms with Gasteiger partial charge in [-0.3, -0.25) is 6.08 Å². The summed E-state index contributed by atoms with van der Waals surface area (Å²) in [4.78, 5) is 0. The number of hydrogen-bond acceptors (Lipinski definition) is 0. The molecule has 0 atom stereocenters. The molecular formula is C24H26Zr. The predicted molar refractivity (Wildman–Crippen MR) is 106 cm³/mol. The van der Waals surface area contributed by atoms with E-state index in [1.807, 2.05) is 0 Å². The Morgan fingerprint density at radius 2 is 1.60 bits per heavy atom. The van der Waals surface area contributed by atoms with Gasteiger partial charge in [0.05, 0.1) is 0 Å². The molecule has 0 saturated heterocycles. The molecule has 25 heavy (non-hydrogen) atoms. The second kappa shape index (κ2) is 8.86. The van der Waals surface area contributed by atoms with Gasteiger partial charge in [-0.1, -0.05) is 70.0 Å². The molecule has 4 rings (SSSR count). The predicted octanol–water partition coefficient (Wildman–Crippen LogP) is 7.16. The third-order valence-corrected chi connectivity index (χ3v) is 4.70. The first-order valence-electron chi connectivity index (χ1n) is 8.91. The molecule has 1 aliphatic carbocycles. The molecule has 0 aliphatic heterocycles. The van der Waals surface area contributed by atoms with Crippen molar-refractivity contribution in [2.24, 2.45) is 5.92 Å². The fourth-order valence-corrected chi connectivity index (χ4v) is 3.32. The van der Waals surface area contributed by atoms with E-state index in [0.29, 0.717) is 11.8 Å². The van der Waals surface area contributed by atoms with E-state index in [0.717, 1.165) is 6.42 Å². The van der Waals surface area contributed by atoms with Crippen LogP contribution in [0.15, 0.2) is 66.3 Å². The zero-order chi connectivity index (χ0) is 17.1. The van der Waals surface area contributed by atoms with E-state index < -0.39 is 0 Å². The van der Waals surface area contributed by atoms with E-state index in [4.69, 9.17) is 0 Å². The van der Waals surface area contributed by atoms with Gasteiger partial charge in [0.1, 0.15) is 0 Å². The Labute approximate surface area is 171 Å². The molecule has 0 unspecified atom stereocenters. The second-order valence-electron chi connectivity index (χ2n) is 7.11. The Morgan fingerprint density at radius 1 is 0.880 bits per heavy atom. The van der Waals surface area contributed by atoms with Crippen LogP contribution >= 0.6 is 0 Å². The van der Waals surface area contributed by atoms with Crippen LogP contribution in [0.4, 0.5) is 0 Å². The topological polar surface area (TPSA) is 0 Å². The zero-order valence-corrected chi connectivity index (χ0v) is 18.1.